The van der Waals surface area contributed by atoms with Crippen LogP contribution in [0.2, 0.25) is 0 Å². The molecule has 0 bridgehead atoms. The number of halogens is 1. The highest BCUT2D eigenvalue weighted by atomic mass is 79.9. The third-order valence-corrected chi connectivity index (χ3v) is 6.69. The first-order valence-corrected chi connectivity index (χ1v) is 11.5. The van der Waals surface area contributed by atoms with Crippen LogP contribution in [0.5, 0.6) is 0 Å². The zero-order valence-electron chi connectivity index (χ0n) is 17.8. The number of hydrogen-bond donors (Lipinski definition) is 1. The van der Waals surface area contributed by atoms with Crippen LogP contribution in [0.15, 0.2) is 81.6 Å². The lowest BCUT2D eigenvalue weighted by Gasteiger charge is -2.37. The number of allylic oxidation sites excluding steroid dienone is 3. The number of rotatable bonds is 5. The number of ether oxygens (including phenoxy) is 1. The summed E-state index contributed by atoms with van der Waals surface area (Å²) < 4.78 is 6.39. The quantitative estimate of drug-likeness (QED) is 0.553. The Morgan fingerprint density at radius 1 is 1.10 bits per heavy atom. The second-order valence-electron chi connectivity index (χ2n) is 8.09. The predicted octanol–water partition coefficient (Wildman–Crippen LogP) is 5.76. The van der Waals surface area contributed by atoms with Gasteiger partial charge < -0.3 is 10.1 Å². The molecule has 5 heteroatoms. The van der Waals surface area contributed by atoms with E-state index in [4.69, 9.17) is 4.74 Å². The van der Waals surface area contributed by atoms with E-state index in [-0.39, 0.29) is 17.7 Å². The molecule has 2 aliphatic rings. The minimum atomic E-state index is -0.444. The van der Waals surface area contributed by atoms with E-state index in [0.717, 1.165) is 39.8 Å². The van der Waals surface area contributed by atoms with Gasteiger partial charge in [-0.05, 0) is 42.9 Å². The highest BCUT2D eigenvalue weighted by molar-refractivity contribution is 9.10. The summed E-state index contributed by atoms with van der Waals surface area (Å²) in [5, 5.41) is 3.40. The van der Waals surface area contributed by atoms with E-state index >= 15 is 0 Å². The second kappa shape index (κ2) is 9.23. The number of esters is 1. The van der Waals surface area contributed by atoms with Crippen molar-refractivity contribution < 1.29 is 14.3 Å². The molecule has 0 fully saturated rings. The van der Waals surface area contributed by atoms with Crippen LogP contribution < -0.4 is 5.32 Å². The first kappa shape index (κ1) is 21.6. The van der Waals surface area contributed by atoms with Gasteiger partial charge in [0.15, 0.2) is 5.78 Å². The molecule has 0 spiro atoms. The number of nitrogens with one attached hydrogen (secondary N) is 1. The highest BCUT2D eigenvalue weighted by Crippen LogP contribution is 2.47. The van der Waals surface area contributed by atoms with Gasteiger partial charge in [-0.1, -0.05) is 71.4 Å². The number of carbonyl (C=O) groups excluding carboxylic acids is 2. The molecule has 0 amide bonds. The van der Waals surface area contributed by atoms with Gasteiger partial charge >= 0.3 is 5.97 Å². The van der Waals surface area contributed by atoms with Crippen LogP contribution in [0.1, 0.15) is 56.1 Å². The van der Waals surface area contributed by atoms with Crippen molar-refractivity contribution >= 4 is 27.7 Å². The summed E-state index contributed by atoms with van der Waals surface area (Å²) in [6, 6.07) is 18.0. The maximum absolute atomic E-state index is 13.5. The largest absolute Gasteiger partial charge is 0.462 e. The molecule has 2 aromatic rings. The molecule has 2 atom stereocenters. The Kier molecular flexibility index (Phi) is 6.42. The molecule has 1 aliphatic heterocycles. The zero-order valence-corrected chi connectivity index (χ0v) is 19.4. The van der Waals surface area contributed by atoms with Crippen LogP contribution in [-0.4, -0.2) is 18.4 Å². The Morgan fingerprint density at radius 2 is 1.81 bits per heavy atom. The molecular weight excluding hydrogens is 454 g/mol. The summed E-state index contributed by atoms with van der Waals surface area (Å²) in [5.74, 6) is -0.601. The first-order chi connectivity index (χ1) is 15.0. The fourth-order valence-electron chi connectivity index (χ4n) is 4.56. The molecule has 2 aromatic carbocycles. The summed E-state index contributed by atoms with van der Waals surface area (Å²) in [6.45, 7) is 4.22. The van der Waals surface area contributed by atoms with E-state index < -0.39 is 5.92 Å². The molecule has 0 radical (unpaired) electrons. The molecule has 0 aromatic heterocycles. The third-order valence-electron chi connectivity index (χ3n) is 5.97. The van der Waals surface area contributed by atoms with Crippen molar-refractivity contribution in [3.63, 3.8) is 0 Å². The SMILES string of the molecule is CCCOC(=O)C1=C(C)NC2=C(C(=O)C[C@H](c3ccccc3)C2)[C@H]1c1ccccc1Br. The first-order valence-electron chi connectivity index (χ1n) is 10.7. The van der Waals surface area contributed by atoms with Crippen LogP contribution in [0.4, 0.5) is 0 Å². The Bertz CT molecular complexity index is 1070. The minimum Gasteiger partial charge on any atom is -0.462 e. The molecule has 1 heterocycles. The molecule has 160 valence electrons. The van der Waals surface area contributed by atoms with Crippen LogP contribution in [0.3, 0.4) is 0 Å². The van der Waals surface area contributed by atoms with Crippen molar-refractivity contribution in [1.82, 2.24) is 5.32 Å². The molecule has 4 rings (SSSR count). The van der Waals surface area contributed by atoms with E-state index in [2.05, 4.69) is 33.4 Å². The third kappa shape index (κ3) is 4.24. The van der Waals surface area contributed by atoms with E-state index in [1.54, 1.807) is 0 Å². The predicted molar refractivity (Wildman–Crippen MR) is 124 cm³/mol. The molecule has 31 heavy (non-hydrogen) atoms. The van der Waals surface area contributed by atoms with Gasteiger partial charge in [-0.15, -0.1) is 0 Å². The average Bonchev–Trinajstić information content (AvgIpc) is 2.77. The van der Waals surface area contributed by atoms with Gasteiger partial charge in [0.1, 0.15) is 0 Å². The average molecular weight is 480 g/mol. The van der Waals surface area contributed by atoms with Gasteiger partial charge in [0.2, 0.25) is 0 Å². The number of Topliss-reactive ketones (excluding diaryl/α,β-unsaturated/α-hetero) is 1. The number of dihydropyridines is 1. The van der Waals surface area contributed by atoms with E-state index in [9.17, 15) is 9.59 Å². The van der Waals surface area contributed by atoms with Crippen molar-refractivity contribution in [3.05, 3.63) is 92.7 Å². The fourth-order valence-corrected chi connectivity index (χ4v) is 5.08. The van der Waals surface area contributed by atoms with Crippen LogP contribution >= 0.6 is 15.9 Å². The van der Waals surface area contributed by atoms with Crippen molar-refractivity contribution in [1.29, 1.82) is 0 Å². The van der Waals surface area contributed by atoms with Crippen LogP contribution in [0.25, 0.3) is 0 Å². The highest BCUT2D eigenvalue weighted by Gasteiger charge is 2.41. The van der Waals surface area contributed by atoms with Crippen molar-refractivity contribution in [2.24, 2.45) is 0 Å². The number of hydrogen-bond acceptors (Lipinski definition) is 4. The lowest BCUT2D eigenvalue weighted by molar-refractivity contribution is -0.139. The Morgan fingerprint density at radius 3 is 2.52 bits per heavy atom. The van der Waals surface area contributed by atoms with Crippen molar-refractivity contribution in [3.8, 4) is 0 Å². The standard InChI is InChI=1S/C26H26BrNO3/c1-3-13-31-26(30)23-16(2)28-21-14-18(17-9-5-4-6-10-17)15-22(29)25(21)24(23)19-11-7-8-12-20(19)27/h4-12,18,24,28H,3,13-15H2,1-2H3/t18-,24+/m1/s1. The van der Waals surface area contributed by atoms with Crippen molar-refractivity contribution in [2.75, 3.05) is 6.61 Å². The number of benzene rings is 2. The van der Waals surface area contributed by atoms with Gasteiger partial charge in [0.25, 0.3) is 0 Å². The van der Waals surface area contributed by atoms with Gasteiger partial charge in [-0.2, -0.15) is 0 Å². The molecule has 1 N–H and O–H groups in total. The van der Waals surface area contributed by atoms with E-state index in [1.165, 1.54) is 0 Å². The zero-order chi connectivity index (χ0) is 22.0. The minimum absolute atomic E-state index is 0.0802. The number of carbonyl (C=O) groups is 2. The normalized spacial score (nSPS) is 20.9. The Labute approximate surface area is 191 Å². The molecular formula is C26H26BrNO3. The summed E-state index contributed by atoms with van der Waals surface area (Å²) in [4.78, 5) is 26.6. The summed E-state index contributed by atoms with van der Waals surface area (Å²) in [7, 11) is 0. The maximum Gasteiger partial charge on any atom is 0.336 e. The lowest BCUT2D eigenvalue weighted by atomic mass is 9.72. The van der Waals surface area contributed by atoms with Crippen LogP contribution in [0, 0.1) is 0 Å². The van der Waals surface area contributed by atoms with Gasteiger partial charge in [0.05, 0.1) is 12.2 Å². The van der Waals surface area contributed by atoms with E-state index in [1.807, 2.05) is 56.3 Å². The Hall–Kier alpha value is -2.66. The number of ketones is 1. The maximum atomic E-state index is 13.5. The van der Waals surface area contributed by atoms with Gasteiger partial charge in [-0.25, -0.2) is 4.79 Å². The molecule has 0 unspecified atom stereocenters. The van der Waals surface area contributed by atoms with Gasteiger partial charge in [-0.3, -0.25) is 4.79 Å². The summed E-state index contributed by atoms with van der Waals surface area (Å²) in [6.07, 6.45) is 1.92. The molecule has 0 saturated heterocycles. The summed E-state index contributed by atoms with van der Waals surface area (Å²) >= 11 is 3.64. The smallest absolute Gasteiger partial charge is 0.336 e. The monoisotopic (exact) mass is 479 g/mol. The Balaban J connectivity index is 1.80. The fraction of sp³-hybridized carbons (Fsp3) is 0.308. The summed E-state index contributed by atoms with van der Waals surface area (Å²) in [5.41, 5.74) is 4.94. The second-order valence-corrected chi connectivity index (χ2v) is 8.94. The van der Waals surface area contributed by atoms with Gasteiger partial charge in [0, 0.05) is 33.8 Å². The lowest BCUT2D eigenvalue weighted by Crippen LogP contribution is -2.36. The van der Waals surface area contributed by atoms with Crippen molar-refractivity contribution in [2.45, 2.75) is 44.9 Å². The van der Waals surface area contributed by atoms with Crippen LogP contribution in [-0.2, 0) is 14.3 Å². The van der Waals surface area contributed by atoms with E-state index in [0.29, 0.717) is 24.2 Å². The molecule has 1 aliphatic carbocycles. The molecule has 4 nitrogen and oxygen atoms in total. The topological polar surface area (TPSA) is 55.4 Å². The molecule has 0 saturated carbocycles.